The molecule has 0 unspecified atom stereocenters. The lowest BCUT2D eigenvalue weighted by atomic mass is 9.78. The van der Waals surface area contributed by atoms with E-state index in [0.717, 1.165) is 22.7 Å². The molecule has 0 saturated heterocycles. The van der Waals surface area contributed by atoms with E-state index in [4.69, 9.17) is 0 Å². The highest BCUT2D eigenvalue weighted by Gasteiger charge is 2.46. The molecule has 3 aliphatic carbocycles. The highest BCUT2D eigenvalue weighted by molar-refractivity contribution is 6.13. The summed E-state index contributed by atoms with van der Waals surface area (Å²) in [5, 5.41) is 5.04. The topological polar surface area (TPSA) is 6.48 Å². The van der Waals surface area contributed by atoms with Gasteiger partial charge in [0.1, 0.15) is 0 Å². The van der Waals surface area contributed by atoms with Crippen molar-refractivity contribution in [2.75, 3.05) is 9.80 Å². The maximum atomic E-state index is 2.60. The van der Waals surface area contributed by atoms with Crippen LogP contribution in [0.3, 0.4) is 0 Å². The van der Waals surface area contributed by atoms with Gasteiger partial charge in [-0.3, -0.25) is 0 Å². The molecule has 0 N–H and O–H groups in total. The van der Waals surface area contributed by atoms with Crippen molar-refractivity contribution >= 4 is 55.7 Å². The number of hydrogen-bond acceptors (Lipinski definition) is 2. The van der Waals surface area contributed by atoms with Crippen molar-refractivity contribution in [3.05, 3.63) is 288 Å². The fourth-order valence-corrected chi connectivity index (χ4v) is 14.2. The summed E-state index contributed by atoms with van der Waals surface area (Å²) in [4.78, 5) is 5.00. The Bertz CT molecular complexity index is 4150. The Labute approximate surface area is 464 Å². The van der Waals surface area contributed by atoms with Gasteiger partial charge in [-0.2, -0.15) is 0 Å². The Balaban J connectivity index is 0.896. The van der Waals surface area contributed by atoms with E-state index in [-0.39, 0.29) is 16.2 Å². The molecule has 0 aliphatic heterocycles. The summed E-state index contributed by atoms with van der Waals surface area (Å²) in [6, 6.07) is 95.0. The van der Waals surface area contributed by atoms with Gasteiger partial charge in [0.2, 0.25) is 0 Å². The van der Waals surface area contributed by atoms with E-state index in [1.54, 1.807) is 0 Å². The molecule has 0 heterocycles. The predicted octanol–water partition coefficient (Wildman–Crippen LogP) is 21.2. The van der Waals surface area contributed by atoms with E-state index in [1.165, 1.54) is 122 Å². The first kappa shape index (κ1) is 47.0. The van der Waals surface area contributed by atoms with Crippen molar-refractivity contribution in [1.29, 1.82) is 0 Å². The maximum absolute atomic E-state index is 2.60. The molecule has 378 valence electrons. The highest BCUT2D eigenvalue weighted by Crippen LogP contribution is 2.62. The Morgan fingerprint density at radius 3 is 0.911 bits per heavy atom. The van der Waals surface area contributed by atoms with Crippen molar-refractivity contribution in [1.82, 2.24) is 0 Å². The minimum atomic E-state index is -0.294. The number of nitrogens with zero attached hydrogens (tertiary/aromatic N) is 2. The molecule has 0 spiro atoms. The number of anilines is 6. The molecular formula is C77H60N2. The highest BCUT2D eigenvalue weighted by atomic mass is 15.2. The van der Waals surface area contributed by atoms with Crippen LogP contribution < -0.4 is 9.80 Å². The zero-order valence-electron chi connectivity index (χ0n) is 45.6. The van der Waals surface area contributed by atoms with E-state index < -0.39 is 0 Å². The summed E-state index contributed by atoms with van der Waals surface area (Å²) in [6.07, 6.45) is 0. The van der Waals surface area contributed by atoms with Crippen LogP contribution in [0.2, 0.25) is 0 Å². The first-order valence-electron chi connectivity index (χ1n) is 28.0. The third-order valence-electron chi connectivity index (χ3n) is 18.2. The largest absolute Gasteiger partial charge is 0.309 e. The second-order valence-electron chi connectivity index (χ2n) is 23.6. The van der Waals surface area contributed by atoms with Crippen LogP contribution in [0.4, 0.5) is 34.1 Å². The summed E-state index contributed by atoms with van der Waals surface area (Å²) in [6.45, 7) is 14.7. The van der Waals surface area contributed by atoms with Crippen LogP contribution in [0.1, 0.15) is 74.9 Å². The average Bonchev–Trinajstić information content (AvgIpc) is 3.48. The third-order valence-corrected chi connectivity index (χ3v) is 18.2. The van der Waals surface area contributed by atoms with Crippen LogP contribution in [-0.2, 0) is 16.2 Å². The first-order chi connectivity index (χ1) is 38.5. The molecule has 0 atom stereocenters. The molecule has 0 fully saturated rings. The Hall–Kier alpha value is -9.24. The minimum Gasteiger partial charge on any atom is -0.309 e. The van der Waals surface area contributed by atoms with Gasteiger partial charge in [-0.05, 0) is 161 Å². The van der Waals surface area contributed by atoms with Crippen molar-refractivity contribution in [2.24, 2.45) is 0 Å². The minimum absolute atomic E-state index is 0.253. The van der Waals surface area contributed by atoms with Gasteiger partial charge >= 0.3 is 0 Å². The molecule has 2 nitrogen and oxygen atoms in total. The van der Waals surface area contributed by atoms with Gasteiger partial charge < -0.3 is 9.80 Å². The second-order valence-corrected chi connectivity index (χ2v) is 23.6. The standard InChI is InChI=1S/C77H60N2/c1-75(2)63-45-61-65(76(3,4)67-47-71(55-37-19-21-39-57(55)73(61)67)78(51-31-15-9-16-32-51)69-41-25-23-35-53(69)49-27-11-7-12-28-49)43-59(63)60-44-66-62(46-64(60)75)74-58-40-22-20-38-56(58)72(48-68(74)77(66,5)6)79(52-33-17-10-18-34-52)70-42-26-24-36-54(70)50-29-13-8-14-30-50/h7-48H,1-6H3. The molecule has 0 bridgehead atoms. The van der Waals surface area contributed by atoms with Gasteiger partial charge in [0.05, 0.1) is 22.7 Å². The van der Waals surface area contributed by atoms with E-state index in [9.17, 15) is 0 Å². The predicted molar refractivity (Wildman–Crippen MR) is 334 cm³/mol. The van der Waals surface area contributed by atoms with Gasteiger partial charge in [-0.15, -0.1) is 0 Å². The zero-order chi connectivity index (χ0) is 53.4. The smallest absolute Gasteiger partial charge is 0.0543 e. The zero-order valence-corrected chi connectivity index (χ0v) is 45.6. The summed E-state index contributed by atoms with van der Waals surface area (Å²) in [5.74, 6) is 0. The quantitative estimate of drug-likeness (QED) is 0.150. The summed E-state index contributed by atoms with van der Waals surface area (Å²) < 4.78 is 0. The number of benzene rings is 12. The lowest BCUT2D eigenvalue weighted by molar-refractivity contribution is 0.649. The fourth-order valence-electron chi connectivity index (χ4n) is 14.2. The average molecular weight is 1010 g/mol. The number of fused-ring (bicyclic) bond motifs is 13. The first-order valence-corrected chi connectivity index (χ1v) is 28.0. The molecule has 2 heteroatoms. The lowest BCUT2D eigenvalue weighted by Crippen LogP contribution is -2.18. The Morgan fingerprint density at radius 2 is 0.519 bits per heavy atom. The molecule has 79 heavy (non-hydrogen) atoms. The number of hydrogen-bond donors (Lipinski definition) is 0. The second kappa shape index (κ2) is 17.4. The van der Waals surface area contributed by atoms with Gasteiger partial charge in [0.15, 0.2) is 0 Å². The molecule has 3 aliphatic rings. The van der Waals surface area contributed by atoms with Crippen LogP contribution in [0.5, 0.6) is 0 Å². The Kier molecular flexibility index (Phi) is 10.3. The SMILES string of the molecule is CC1(C)c2cc3c(cc2-c2cc4c(cc21)-c1c(cc(N(c2ccccc2)c2ccccc2-c2ccccc2)c2ccccc12)C4(C)C)C(C)(C)c1cc(N(c2ccccc2)c2ccccc2-c2ccccc2)c2ccccc2c1-3. The van der Waals surface area contributed by atoms with E-state index >= 15 is 0 Å². The van der Waals surface area contributed by atoms with E-state index in [2.05, 4.69) is 306 Å². The maximum Gasteiger partial charge on any atom is 0.0543 e. The summed E-state index contributed by atoms with van der Waals surface area (Å²) in [7, 11) is 0. The van der Waals surface area contributed by atoms with Gasteiger partial charge in [0.25, 0.3) is 0 Å². The van der Waals surface area contributed by atoms with Crippen LogP contribution >= 0.6 is 0 Å². The van der Waals surface area contributed by atoms with E-state index in [1.807, 2.05) is 0 Å². The normalized spacial score (nSPS) is 14.5. The van der Waals surface area contributed by atoms with Crippen LogP contribution in [0, 0.1) is 0 Å². The fraction of sp³-hybridized carbons (Fsp3) is 0.117. The molecule has 15 rings (SSSR count). The van der Waals surface area contributed by atoms with Crippen LogP contribution in [0.25, 0.3) is 77.2 Å². The number of para-hydroxylation sites is 4. The van der Waals surface area contributed by atoms with Crippen molar-refractivity contribution < 1.29 is 0 Å². The molecule has 0 amide bonds. The third kappa shape index (κ3) is 6.90. The van der Waals surface area contributed by atoms with Gasteiger partial charge in [-0.25, -0.2) is 0 Å². The monoisotopic (exact) mass is 1010 g/mol. The van der Waals surface area contributed by atoms with Gasteiger partial charge in [-0.1, -0.05) is 224 Å². The molecule has 0 radical (unpaired) electrons. The number of rotatable bonds is 8. The molecule has 0 aromatic heterocycles. The van der Waals surface area contributed by atoms with E-state index in [0.29, 0.717) is 0 Å². The molecule has 12 aromatic carbocycles. The molecule has 0 saturated carbocycles. The summed E-state index contributed by atoms with van der Waals surface area (Å²) in [5.41, 5.74) is 27.3. The molecule has 12 aromatic rings. The van der Waals surface area contributed by atoms with Crippen molar-refractivity contribution in [2.45, 2.75) is 57.8 Å². The lowest BCUT2D eigenvalue weighted by Gasteiger charge is -2.31. The molecular weight excluding hydrogens is 953 g/mol. The van der Waals surface area contributed by atoms with Gasteiger partial charge in [0, 0.05) is 49.5 Å². The summed E-state index contributed by atoms with van der Waals surface area (Å²) >= 11 is 0. The Morgan fingerprint density at radius 1 is 0.228 bits per heavy atom. The van der Waals surface area contributed by atoms with Crippen LogP contribution in [-0.4, -0.2) is 0 Å². The van der Waals surface area contributed by atoms with Crippen molar-refractivity contribution in [3.63, 3.8) is 0 Å². The van der Waals surface area contributed by atoms with Crippen molar-refractivity contribution in [3.8, 4) is 55.6 Å². The van der Waals surface area contributed by atoms with Crippen LogP contribution in [0.15, 0.2) is 255 Å².